The number of aryl methyl sites for hydroxylation is 1. The van der Waals surface area contributed by atoms with E-state index in [2.05, 4.69) is 21.0 Å². The lowest BCUT2D eigenvalue weighted by Gasteiger charge is -2.26. The Bertz CT molecular complexity index is 791. The molecule has 1 atom stereocenters. The first-order valence-electron chi connectivity index (χ1n) is 6.64. The number of nitrogens with one attached hydrogen (secondary N) is 2. The first-order valence-corrected chi connectivity index (χ1v) is 8.12. The van der Waals surface area contributed by atoms with Gasteiger partial charge in [0.25, 0.3) is 0 Å². The summed E-state index contributed by atoms with van der Waals surface area (Å²) in [5.74, 6) is 0. The summed E-state index contributed by atoms with van der Waals surface area (Å²) in [5.41, 5.74) is 2.60. The van der Waals surface area contributed by atoms with Crippen molar-refractivity contribution in [2.45, 2.75) is 30.2 Å². The molecule has 3 rings (SSSR count). The van der Waals surface area contributed by atoms with Crippen molar-refractivity contribution in [1.29, 1.82) is 5.26 Å². The number of rotatable bonds is 3. The van der Waals surface area contributed by atoms with E-state index >= 15 is 0 Å². The number of aromatic amines is 1. The van der Waals surface area contributed by atoms with Crippen LogP contribution in [-0.2, 0) is 16.4 Å². The van der Waals surface area contributed by atoms with E-state index < -0.39 is 10.0 Å². The third-order valence-corrected chi connectivity index (χ3v) is 5.11. The van der Waals surface area contributed by atoms with Crippen molar-refractivity contribution in [1.82, 2.24) is 14.9 Å². The Balaban J connectivity index is 1.91. The van der Waals surface area contributed by atoms with Crippen LogP contribution in [0.5, 0.6) is 0 Å². The molecule has 2 aromatic rings. The molecule has 0 bridgehead atoms. The van der Waals surface area contributed by atoms with Crippen LogP contribution in [0.15, 0.2) is 35.5 Å². The van der Waals surface area contributed by atoms with Gasteiger partial charge in [-0.05, 0) is 42.5 Å². The van der Waals surface area contributed by atoms with E-state index in [-0.39, 0.29) is 10.9 Å². The van der Waals surface area contributed by atoms with Crippen LogP contribution in [0.3, 0.4) is 0 Å². The van der Waals surface area contributed by atoms with E-state index in [9.17, 15) is 8.42 Å². The zero-order valence-electron chi connectivity index (χ0n) is 11.2. The number of fused-ring (bicyclic) bond motifs is 1. The maximum atomic E-state index is 12.3. The molecular weight excluding hydrogens is 288 g/mol. The largest absolute Gasteiger partial charge is 0.284 e. The van der Waals surface area contributed by atoms with Crippen LogP contribution >= 0.6 is 0 Å². The number of nitrogens with zero attached hydrogens (tertiary/aromatic N) is 2. The monoisotopic (exact) mass is 302 g/mol. The van der Waals surface area contributed by atoms with E-state index in [1.807, 2.05) is 12.1 Å². The summed E-state index contributed by atoms with van der Waals surface area (Å²) < 4.78 is 27.3. The molecule has 0 saturated heterocycles. The predicted molar refractivity (Wildman–Crippen MR) is 75.7 cm³/mol. The normalized spacial score (nSPS) is 18.0. The predicted octanol–water partition coefficient (Wildman–Crippen LogP) is 1.64. The molecule has 0 radical (unpaired) electrons. The number of hydrogen-bond acceptors (Lipinski definition) is 4. The third-order valence-electron chi connectivity index (χ3n) is 3.67. The van der Waals surface area contributed by atoms with Gasteiger partial charge in [-0.15, -0.1) is 0 Å². The molecule has 1 unspecified atom stereocenters. The topological polar surface area (TPSA) is 98.6 Å². The average molecular weight is 302 g/mol. The highest BCUT2D eigenvalue weighted by molar-refractivity contribution is 7.89. The first-order chi connectivity index (χ1) is 10.1. The fraction of sp³-hybridized carbons (Fsp3) is 0.286. The van der Waals surface area contributed by atoms with E-state index in [0.717, 1.165) is 30.4 Å². The van der Waals surface area contributed by atoms with Crippen LogP contribution in [-0.4, -0.2) is 18.6 Å². The second-order valence-corrected chi connectivity index (χ2v) is 6.74. The Labute approximate surface area is 122 Å². The van der Waals surface area contributed by atoms with Gasteiger partial charge in [-0.25, -0.2) is 13.1 Å². The third kappa shape index (κ3) is 2.68. The quantitative estimate of drug-likeness (QED) is 0.900. The van der Waals surface area contributed by atoms with Crippen molar-refractivity contribution in [3.05, 3.63) is 47.3 Å². The van der Waals surface area contributed by atoms with Crippen LogP contribution in [0.4, 0.5) is 0 Å². The highest BCUT2D eigenvalue weighted by Gasteiger charge is 2.26. The van der Waals surface area contributed by atoms with Crippen molar-refractivity contribution in [2.75, 3.05) is 0 Å². The van der Waals surface area contributed by atoms with Crippen molar-refractivity contribution in [3.63, 3.8) is 0 Å². The van der Waals surface area contributed by atoms with E-state index in [0.29, 0.717) is 5.56 Å². The molecule has 7 heteroatoms. The van der Waals surface area contributed by atoms with Gasteiger partial charge >= 0.3 is 0 Å². The summed E-state index contributed by atoms with van der Waals surface area (Å²) in [6.07, 6.45) is 5.14. The van der Waals surface area contributed by atoms with Crippen LogP contribution < -0.4 is 4.72 Å². The molecule has 1 heterocycles. The van der Waals surface area contributed by atoms with Crippen molar-refractivity contribution in [2.24, 2.45) is 0 Å². The Morgan fingerprint density at radius 3 is 3.00 bits per heavy atom. The Hall–Kier alpha value is -2.17. The maximum absolute atomic E-state index is 12.3. The zero-order chi connectivity index (χ0) is 14.9. The van der Waals surface area contributed by atoms with Gasteiger partial charge in [-0.2, -0.15) is 10.4 Å². The first kappa shape index (κ1) is 13.8. The molecular formula is C14H14N4O2S. The fourth-order valence-electron chi connectivity index (χ4n) is 2.65. The Morgan fingerprint density at radius 2 is 2.29 bits per heavy atom. The SMILES string of the molecule is N#Cc1ccc2c(c1)CCCC2NS(=O)(=O)c1cn[nH]c1. The van der Waals surface area contributed by atoms with Crippen molar-refractivity contribution >= 4 is 10.0 Å². The molecule has 0 aliphatic heterocycles. The van der Waals surface area contributed by atoms with Gasteiger partial charge in [0.1, 0.15) is 4.90 Å². The minimum atomic E-state index is -3.58. The van der Waals surface area contributed by atoms with E-state index in [1.54, 1.807) is 6.07 Å². The van der Waals surface area contributed by atoms with Crippen LogP contribution in [0.1, 0.15) is 35.6 Å². The molecule has 1 aromatic heterocycles. The second-order valence-electron chi connectivity index (χ2n) is 5.03. The smallest absolute Gasteiger partial charge is 0.244 e. The highest BCUT2D eigenvalue weighted by atomic mass is 32.2. The number of H-pyrrole nitrogens is 1. The lowest BCUT2D eigenvalue weighted by atomic mass is 9.87. The van der Waals surface area contributed by atoms with Gasteiger partial charge in [-0.1, -0.05) is 6.07 Å². The van der Waals surface area contributed by atoms with Crippen LogP contribution in [0.25, 0.3) is 0 Å². The van der Waals surface area contributed by atoms with Gasteiger partial charge in [0, 0.05) is 12.2 Å². The second kappa shape index (κ2) is 5.31. The average Bonchev–Trinajstić information content (AvgIpc) is 3.02. The molecule has 2 N–H and O–H groups in total. The van der Waals surface area contributed by atoms with Gasteiger partial charge < -0.3 is 0 Å². The number of nitriles is 1. The summed E-state index contributed by atoms with van der Waals surface area (Å²) in [4.78, 5) is 0.128. The maximum Gasteiger partial charge on any atom is 0.244 e. The molecule has 0 spiro atoms. The summed E-state index contributed by atoms with van der Waals surface area (Å²) in [7, 11) is -3.58. The fourth-order valence-corrected chi connectivity index (χ4v) is 3.80. The summed E-state index contributed by atoms with van der Waals surface area (Å²) in [6, 6.07) is 7.26. The molecule has 0 fully saturated rings. The number of sulfonamides is 1. The highest BCUT2D eigenvalue weighted by Crippen LogP contribution is 2.31. The van der Waals surface area contributed by atoms with Crippen molar-refractivity contribution < 1.29 is 8.42 Å². The lowest BCUT2D eigenvalue weighted by Crippen LogP contribution is -2.30. The number of aromatic nitrogens is 2. The molecule has 0 saturated carbocycles. The molecule has 0 amide bonds. The number of hydrogen-bond donors (Lipinski definition) is 2. The van der Waals surface area contributed by atoms with Gasteiger partial charge in [0.15, 0.2) is 0 Å². The lowest BCUT2D eigenvalue weighted by molar-refractivity contribution is 0.507. The van der Waals surface area contributed by atoms with E-state index in [4.69, 9.17) is 5.26 Å². The summed E-state index contributed by atoms with van der Waals surface area (Å²) >= 11 is 0. The van der Waals surface area contributed by atoms with Gasteiger partial charge in [-0.3, -0.25) is 5.10 Å². The molecule has 108 valence electrons. The summed E-state index contributed by atoms with van der Waals surface area (Å²) in [6.45, 7) is 0. The molecule has 6 nitrogen and oxygen atoms in total. The molecule has 1 aromatic carbocycles. The Morgan fingerprint density at radius 1 is 1.43 bits per heavy atom. The molecule has 1 aliphatic rings. The van der Waals surface area contributed by atoms with E-state index in [1.165, 1.54) is 12.4 Å². The van der Waals surface area contributed by atoms with Gasteiger partial charge in [0.05, 0.1) is 17.8 Å². The van der Waals surface area contributed by atoms with Crippen LogP contribution in [0.2, 0.25) is 0 Å². The van der Waals surface area contributed by atoms with Crippen molar-refractivity contribution in [3.8, 4) is 6.07 Å². The Kier molecular flexibility index (Phi) is 3.49. The molecule has 1 aliphatic carbocycles. The molecule has 21 heavy (non-hydrogen) atoms. The van der Waals surface area contributed by atoms with Gasteiger partial charge in [0.2, 0.25) is 10.0 Å². The zero-order valence-corrected chi connectivity index (χ0v) is 12.0. The minimum absolute atomic E-state index is 0.128. The number of benzene rings is 1. The standard InChI is InChI=1S/C14H14N4O2S/c15-7-10-4-5-13-11(6-10)2-1-3-14(13)18-21(19,20)12-8-16-17-9-12/h4-6,8-9,14,18H,1-3H2,(H,16,17). The minimum Gasteiger partial charge on any atom is -0.284 e. The van der Waals surface area contributed by atoms with Crippen LogP contribution in [0, 0.1) is 11.3 Å². The summed E-state index contributed by atoms with van der Waals surface area (Å²) in [5, 5.41) is 15.1.